The number of amides is 2. The van der Waals surface area contributed by atoms with Gasteiger partial charge < -0.3 is 10.6 Å². The van der Waals surface area contributed by atoms with E-state index >= 15 is 0 Å². The molecule has 6 rings (SSSR count). The predicted octanol–water partition coefficient (Wildman–Crippen LogP) is 5.67. The van der Waals surface area contributed by atoms with E-state index in [1.807, 2.05) is 50.4 Å². The average molecular weight is 478 g/mol. The Kier molecular flexibility index (Phi) is 6.70. The van der Waals surface area contributed by atoms with Gasteiger partial charge in [0.25, 0.3) is 0 Å². The molecule has 180 valence electrons. The van der Waals surface area contributed by atoms with Crippen molar-refractivity contribution in [2.75, 3.05) is 5.32 Å². The number of carbonyl (C=O) groups is 2. The van der Waals surface area contributed by atoms with E-state index in [0.29, 0.717) is 17.8 Å². The summed E-state index contributed by atoms with van der Waals surface area (Å²) in [6.07, 6.45) is 10.6. The number of hydrogen-bond donors (Lipinski definition) is 2. The van der Waals surface area contributed by atoms with Crippen LogP contribution in [-0.4, -0.2) is 22.8 Å². The minimum absolute atomic E-state index is 0.0205. The topological polar surface area (TPSA) is 71.1 Å². The molecule has 1 aromatic carbocycles. The van der Waals surface area contributed by atoms with E-state index in [9.17, 15) is 9.59 Å². The van der Waals surface area contributed by atoms with Gasteiger partial charge in [-0.15, -0.1) is 11.8 Å². The van der Waals surface area contributed by atoms with Gasteiger partial charge in [-0.3, -0.25) is 14.6 Å². The molecule has 4 fully saturated rings. The van der Waals surface area contributed by atoms with Crippen molar-refractivity contribution in [2.45, 2.75) is 69.1 Å². The Morgan fingerprint density at radius 3 is 2.24 bits per heavy atom. The third-order valence-corrected chi connectivity index (χ3v) is 9.09. The summed E-state index contributed by atoms with van der Waals surface area (Å²) in [6, 6.07) is 11.4. The number of pyridine rings is 1. The van der Waals surface area contributed by atoms with Gasteiger partial charge in [-0.2, -0.15) is 0 Å². The summed E-state index contributed by atoms with van der Waals surface area (Å²) in [5.74, 6) is 2.97. The summed E-state index contributed by atoms with van der Waals surface area (Å²) in [7, 11) is 0. The van der Waals surface area contributed by atoms with Crippen molar-refractivity contribution in [2.24, 2.45) is 29.1 Å². The molecule has 0 spiro atoms. The summed E-state index contributed by atoms with van der Waals surface area (Å²) in [4.78, 5) is 32.0. The van der Waals surface area contributed by atoms with Crippen LogP contribution >= 0.6 is 11.8 Å². The van der Waals surface area contributed by atoms with E-state index in [-0.39, 0.29) is 23.1 Å². The lowest BCUT2D eigenvalue weighted by Crippen LogP contribution is -2.57. The molecule has 2 amide bonds. The molecule has 6 heteroatoms. The first kappa shape index (κ1) is 23.4. The van der Waals surface area contributed by atoms with E-state index in [1.54, 1.807) is 18.0 Å². The van der Waals surface area contributed by atoms with E-state index in [0.717, 1.165) is 35.6 Å². The molecule has 34 heavy (non-hydrogen) atoms. The highest BCUT2D eigenvalue weighted by molar-refractivity contribution is 7.98. The first-order valence-electron chi connectivity index (χ1n) is 12.6. The molecular weight excluding hydrogens is 442 g/mol. The molecule has 2 aromatic rings. The maximum absolute atomic E-state index is 13.5. The molecule has 0 radical (unpaired) electrons. The number of carbonyl (C=O) groups excluding carboxylic acids is 2. The number of nitrogens with one attached hydrogen (secondary N) is 2. The average Bonchev–Trinajstić information content (AvgIpc) is 2.81. The van der Waals surface area contributed by atoms with Crippen LogP contribution in [0.2, 0.25) is 0 Å². The Labute approximate surface area is 206 Å². The number of anilines is 1. The lowest BCUT2D eigenvalue weighted by Gasteiger charge is -2.55. The fraction of sp³-hybridized carbons (Fsp3) is 0.536. The summed E-state index contributed by atoms with van der Waals surface area (Å²) in [5.41, 5.74) is 1.69. The molecule has 1 unspecified atom stereocenters. The van der Waals surface area contributed by atoms with Gasteiger partial charge in [-0.25, -0.2) is 0 Å². The van der Waals surface area contributed by atoms with Crippen LogP contribution in [0.4, 0.5) is 5.69 Å². The van der Waals surface area contributed by atoms with E-state index in [2.05, 4.69) is 21.7 Å². The Morgan fingerprint density at radius 1 is 1.03 bits per heavy atom. The molecule has 4 aliphatic rings. The second-order valence-corrected chi connectivity index (χ2v) is 12.1. The van der Waals surface area contributed by atoms with Crippen LogP contribution < -0.4 is 10.6 Å². The first-order valence-corrected chi connectivity index (χ1v) is 13.6. The van der Waals surface area contributed by atoms with Crippen LogP contribution in [0.1, 0.15) is 57.9 Å². The fourth-order valence-corrected chi connectivity index (χ4v) is 7.56. The van der Waals surface area contributed by atoms with Gasteiger partial charge in [0.1, 0.15) is 6.04 Å². The molecule has 4 bridgehead atoms. The van der Waals surface area contributed by atoms with Gasteiger partial charge in [0.15, 0.2) is 0 Å². The van der Waals surface area contributed by atoms with Gasteiger partial charge in [-0.05, 0) is 98.1 Å². The zero-order valence-corrected chi connectivity index (χ0v) is 20.9. The number of nitrogens with zero attached hydrogens (tertiary/aromatic N) is 1. The Morgan fingerprint density at radius 2 is 1.68 bits per heavy atom. The van der Waals surface area contributed by atoms with Crippen LogP contribution in [-0.2, 0) is 15.3 Å². The largest absolute Gasteiger partial charge is 0.344 e. The van der Waals surface area contributed by atoms with Crippen LogP contribution in [0.25, 0.3) is 0 Å². The zero-order valence-electron chi connectivity index (χ0n) is 20.1. The third kappa shape index (κ3) is 5.02. The number of benzene rings is 1. The molecule has 4 saturated carbocycles. The highest BCUT2D eigenvalue weighted by Crippen LogP contribution is 2.60. The monoisotopic (exact) mass is 477 g/mol. The van der Waals surface area contributed by atoms with Crippen LogP contribution in [0.3, 0.4) is 0 Å². The molecule has 1 atom stereocenters. The third-order valence-electron chi connectivity index (χ3n) is 8.01. The molecule has 0 aliphatic heterocycles. The standard InChI is InChI=1S/C28H35N3O2S/c1-18(2)25(31-27(33)28-13-20-10-21(14-28)12-22(11-20)15-28)26(32)30-23-5-7-24(8-6-23)34-17-19-4-3-9-29-16-19/h3-9,16,18,20-22,25H,10-15,17H2,1-2H3,(H,30,32)(H,31,33). The number of aromatic nitrogens is 1. The second-order valence-electron chi connectivity index (χ2n) is 11.1. The number of thioether (sulfide) groups is 1. The number of hydrogen-bond acceptors (Lipinski definition) is 4. The highest BCUT2D eigenvalue weighted by atomic mass is 32.2. The minimum atomic E-state index is -0.528. The minimum Gasteiger partial charge on any atom is -0.344 e. The van der Waals surface area contributed by atoms with Gasteiger partial charge in [-0.1, -0.05) is 19.9 Å². The van der Waals surface area contributed by atoms with E-state index in [1.165, 1.54) is 24.8 Å². The quantitative estimate of drug-likeness (QED) is 0.481. The summed E-state index contributed by atoms with van der Waals surface area (Å²) in [5, 5.41) is 6.21. The summed E-state index contributed by atoms with van der Waals surface area (Å²) in [6.45, 7) is 4.00. The summed E-state index contributed by atoms with van der Waals surface area (Å²) >= 11 is 1.74. The maximum Gasteiger partial charge on any atom is 0.247 e. The van der Waals surface area contributed by atoms with Crippen LogP contribution in [0, 0.1) is 29.1 Å². The van der Waals surface area contributed by atoms with Crippen molar-refractivity contribution in [3.63, 3.8) is 0 Å². The van der Waals surface area contributed by atoms with E-state index in [4.69, 9.17) is 0 Å². The SMILES string of the molecule is CC(C)C(NC(=O)C12CC3CC(CC(C3)C1)C2)C(=O)Nc1ccc(SCc2cccnc2)cc1. The summed E-state index contributed by atoms with van der Waals surface area (Å²) < 4.78 is 0. The Bertz CT molecular complexity index is 986. The van der Waals surface area contributed by atoms with Gasteiger partial charge >= 0.3 is 0 Å². The maximum atomic E-state index is 13.5. The Hall–Kier alpha value is -2.34. The zero-order chi connectivity index (χ0) is 23.7. The molecule has 4 aliphatic carbocycles. The van der Waals surface area contributed by atoms with Crippen molar-refractivity contribution in [3.05, 3.63) is 54.4 Å². The van der Waals surface area contributed by atoms with E-state index < -0.39 is 6.04 Å². The number of rotatable bonds is 8. The molecule has 1 heterocycles. The van der Waals surface area contributed by atoms with Crippen molar-refractivity contribution in [1.82, 2.24) is 10.3 Å². The molecule has 2 N–H and O–H groups in total. The van der Waals surface area contributed by atoms with Crippen molar-refractivity contribution >= 4 is 29.3 Å². The van der Waals surface area contributed by atoms with Crippen molar-refractivity contribution in [3.8, 4) is 0 Å². The fourth-order valence-electron chi connectivity index (χ4n) is 6.72. The van der Waals surface area contributed by atoms with Gasteiger partial charge in [0, 0.05) is 34.1 Å². The molecule has 5 nitrogen and oxygen atoms in total. The smallest absolute Gasteiger partial charge is 0.247 e. The van der Waals surface area contributed by atoms with Crippen LogP contribution in [0.15, 0.2) is 53.7 Å². The Balaban J connectivity index is 1.19. The lowest BCUT2D eigenvalue weighted by atomic mass is 9.49. The van der Waals surface area contributed by atoms with Crippen molar-refractivity contribution in [1.29, 1.82) is 0 Å². The molecule has 1 aromatic heterocycles. The highest BCUT2D eigenvalue weighted by Gasteiger charge is 2.55. The van der Waals surface area contributed by atoms with Gasteiger partial charge in [0.2, 0.25) is 11.8 Å². The molecule has 0 saturated heterocycles. The van der Waals surface area contributed by atoms with Crippen molar-refractivity contribution < 1.29 is 9.59 Å². The normalized spacial score (nSPS) is 28.0. The predicted molar refractivity (Wildman–Crippen MR) is 136 cm³/mol. The van der Waals surface area contributed by atoms with Crippen LogP contribution in [0.5, 0.6) is 0 Å². The lowest BCUT2D eigenvalue weighted by molar-refractivity contribution is -0.148. The first-order chi connectivity index (χ1) is 16.4. The second kappa shape index (κ2) is 9.73. The van der Waals surface area contributed by atoms with Gasteiger partial charge in [0.05, 0.1) is 0 Å². The molecular formula is C28H35N3O2S.